The highest BCUT2D eigenvalue weighted by molar-refractivity contribution is 6.33. The minimum atomic E-state index is -0.0555. The Kier molecular flexibility index (Phi) is 5.09. The summed E-state index contributed by atoms with van der Waals surface area (Å²) in [4.78, 5) is 14.6. The van der Waals surface area contributed by atoms with Crippen LogP contribution in [0.15, 0.2) is 30.5 Å². The Morgan fingerprint density at radius 2 is 2.12 bits per heavy atom. The highest BCUT2D eigenvalue weighted by atomic mass is 35.5. The van der Waals surface area contributed by atoms with Gasteiger partial charge in [0.2, 0.25) is 0 Å². The number of nitrogens with zero attached hydrogens (tertiary/aromatic N) is 3. The van der Waals surface area contributed by atoms with Gasteiger partial charge in [-0.3, -0.25) is 9.48 Å². The first kappa shape index (κ1) is 16.8. The van der Waals surface area contributed by atoms with Gasteiger partial charge in [-0.1, -0.05) is 29.3 Å². The van der Waals surface area contributed by atoms with Crippen molar-refractivity contribution in [3.63, 3.8) is 0 Å². The molecular weight excluding hydrogens is 326 g/mol. The summed E-state index contributed by atoms with van der Waals surface area (Å²) < 4.78 is 7.42. The Labute approximate surface area is 147 Å². The van der Waals surface area contributed by atoms with Gasteiger partial charge in [0.1, 0.15) is 11.4 Å². The first-order valence-corrected chi connectivity index (χ1v) is 8.58. The Bertz CT molecular complexity index is 692. The fraction of sp³-hybridized carbons (Fsp3) is 0.444. The van der Waals surface area contributed by atoms with Crippen molar-refractivity contribution in [2.45, 2.75) is 19.8 Å². The van der Waals surface area contributed by atoms with Crippen molar-refractivity contribution in [3.05, 3.63) is 46.7 Å². The number of rotatable bonds is 4. The molecule has 0 saturated carbocycles. The third-order valence-electron chi connectivity index (χ3n) is 4.41. The minimum Gasteiger partial charge on any atom is -0.493 e. The second-order valence-corrected chi connectivity index (χ2v) is 6.76. The largest absolute Gasteiger partial charge is 0.493 e. The summed E-state index contributed by atoms with van der Waals surface area (Å²) in [5.74, 6) is 1.15. The molecule has 2 heterocycles. The van der Waals surface area contributed by atoms with Crippen molar-refractivity contribution in [2.24, 2.45) is 13.0 Å². The molecule has 0 aliphatic carbocycles. The number of halogens is 1. The molecule has 5 nitrogen and oxygen atoms in total. The van der Waals surface area contributed by atoms with E-state index >= 15 is 0 Å². The topological polar surface area (TPSA) is 47.4 Å². The van der Waals surface area contributed by atoms with E-state index in [1.54, 1.807) is 7.05 Å². The van der Waals surface area contributed by atoms with E-state index in [1.807, 2.05) is 29.2 Å². The SMILES string of the molecule is Cc1ccc(OCC2CCCN(C(=O)c3c(Cl)cnn3C)C2)cc1. The van der Waals surface area contributed by atoms with Crippen molar-refractivity contribution in [1.82, 2.24) is 14.7 Å². The van der Waals surface area contributed by atoms with Crippen molar-refractivity contribution in [3.8, 4) is 5.75 Å². The van der Waals surface area contributed by atoms with Crippen LogP contribution in [0.2, 0.25) is 5.02 Å². The molecule has 0 radical (unpaired) electrons. The van der Waals surface area contributed by atoms with Gasteiger partial charge in [0, 0.05) is 26.1 Å². The van der Waals surface area contributed by atoms with Crippen LogP contribution < -0.4 is 4.74 Å². The molecule has 1 unspecified atom stereocenters. The maximum absolute atomic E-state index is 12.7. The Hall–Kier alpha value is -2.01. The molecule has 1 aliphatic heterocycles. The number of aryl methyl sites for hydroxylation is 2. The van der Waals surface area contributed by atoms with Crippen molar-refractivity contribution in [2.75, 3.05) is 19.7 Å². The van der Waals surface area contributed by atoms with Crippen LogP contribution in [0.25, 0.3) is 0 Å². The maximum atomic E-state index is 12.7. The summed E-state index contributed by atoms with van der Waals surface area (Å²) in [5.41, 5.74) is 1.67. The highest BCUT2D eigenvalue weighted by Gasteiger charge is 2.28. The molecule has 0 spiro atoms. The average Bonchev–Trinajstić information content (AvgIpc) is 2.93. The lowest BCUT2D eigenvalue weighted by molar-refractivity contribution is 0.0622. The number of likely N-dealkylation sites (tertiary alicyclic amines) is 1. The van der Waals surface area contributed by atoms with E-state index in [2.05, 4.69) is 12.0 Å². The Morgan fingerprint density at radius 3 is 2.79 bits per heavy atom. The van der Waals surface area contributed by atoms with Crippen molar-refractivity contribution >= 4 is 17.5 Å². The van der Waals surface area contributed by atoms with Crippen molar-refractivity contribution in [1.29, 1.82) is 0 Å². The Morgan fingerprint density at radius 1 is 1.38 bits per heavy atom. The van der Waals surface area contributed by atoms with Gasteiger partial charge >= 0.3 is 0 Å². The number of hydrogen-bond donors (Lipinski definition) is 0. The van der Waals surface area contributed by atoms with Crippen LogP contribution in [0.5, 0.6) is 5.75 Å². The summed E-state index contributed by atoms with van der Waals surface area (Å²) in [6, 6.07) is 8.04. The van der Waals surface area contributed by atoms with Gasteiger partial charge in [0.05, 0.1) is 17.8 Å². The second-order valence-electron chi connectivity index (χ2n) is 6.35. The third-order valence-corrected chi connectivity index (χ3v) is 4.69. The van der Waals surface area contributed by atoms with Crippen LogP contribution in [0.3, 0.4) is 0 Å². The molecule has 1 aliphatic rings. The number of aromatic nitrogens is 2. The molecule has 1 aromatic heterocycles. The molecule has 1 saturated heterocycles. The van der Waals surface area contributed by atoms with Crippen LogP contribution in [-0.2, 0) is 7.05 Å². The zero-order chi connectivity index (χ0) is 17.1. The van der Waals surface area contributed by atoms with Gasteiger partial charge in [-0.2, -0.15) is 5.10 Å². The summed E-state index contributed by atoms with van der Waals surface area (Å²) >= 11 is 6.09. The van der Waals surface area contributed by atoms with Crippen LogP contribution in [-0.4, -0.2) is 40.3 Å². The number of carbonyl (C=O) groups excluding carboxylic acids is 1. The number of hydrogen-bond acceptors (Lipinski definition) is 3. The molecule has 1 amide bonds. The normalized spacial score (nSPS) is 17.8. The number of benzene rings is 1. The zero-order valence-corrected chi connectivity index (χ0v) is 14.8. The maximum Gasteiger partial charge on any atom is 0.273 e. The molecule has 128 valence electrons. The monoisotopic (exact) mass is 347 g/mol. The standard InChI is InChI=1S/C18H22ClN3O2/c1-13-5-7-15(8-6-13)24-12-14-4-3-9-22(11-14)18(23)17-16(19)10-20-21(17)2/h5-8,10,14H,3-4,9,11-12H2,1-2H3. The zero-order valence-electron chi connectivity index (χ0n) is 14.0. The molecule has 1 aromatic carbocycles. The van der Waals surface area contributed by atoms with Gasteiger partial charge < -0.3 is 9.64 Å². The van der Waals surface area contributed by atoms with E-state index in [9.17, 15) is 4.79 Å². The lowest BCUT2D eigenvalue weighted by Crippen LogP contribution is -2.42. The summed E-state index contributed by atoms with van der Waals surface area (Å²) in [6.07, 6.45) is 3.55. The molecule has 1 atom stereocenters. The van der Waals surface area contributed by atoms with Gasteiger partial charge in [0.25, 0.3) is 5.91 Å². The predicted molar refractivity (Wildman–Crippen MR) is 93.5 cm³/mol. The van der Waals surface area contributed by atoms with Crippen LogP contribution in [0.1, 0.15) is 28.9 Å². The summed E-state index contributed by atoms with van der Waals surface area (Å²) in [6.45, 7) is 4.11. The van der Waals surface area contributed by atoms with Crippen LogP contribution >= 0.6 is 11.6 Å². The predicted octanol–water partition coefficient (Wildman–Crippen LogP) is 3.31. The van der Waals surface area contributed by atoms with E-state index in [0.29, 0.717) is 29.8 Å². The van der Waals surface area contributed by atoms with E-state index in [4.69, 9.17) is 16.3 Å². The Balaban J connectivity index is 1.60. The van der Waals surface area contributed by atoms with Crippen LogP contribution in [0.4, 0.5) is 0 Å². The molecule has 6 heteroatoms. The summed E-state index contributed by atoms with van der Waals surface area (Å²) in [5, 5.41) is 4.45. The van der Waals surface area contributed by atoms with Crippen molar-refractivity contribution < 1.29 is 9.53 Å². The quantitative estimate of drug-likeness (QED) is 0.852. The summed E-state index contributed by atoms with van der Waals surface area (Å²) in [7, 11) is 1.74. The van der Waals surface area contributed by atoms with E-state index in [1.165, 1.54) is 16.4 Å². The fourth-order valence-corrected chi connectivity index (χ4v) is 3.28. The number of carbonyl (C=O) groups is 1. The van der Waals surface area contributed by atoms with Gasteiger partial charge in [0.15, 0.2) is 0 Å². The second kappa shape index (κ2) is 7.26. The molecule has 0 N–H and O–H groups in total. The first-order chi connectivity index (χ1) is 11.5. The van der Waals surface area contributed by atoms with Gasteiger partial charge in [-0.05, 0) is 31.9 Å². The fourth-order valence-electron chi connectivity index (χ4n) is 3.04. The van der Waals surface area contributed by atoms with E-state index in [-0.39, 0.29) is 5.91 Å². The number of ether oxygens (including phenoxy) is 1. The highest BCUT2D eigenvalue weighted by Crippen LogP contribution is 2.23. The van der Waals surface area contributed by atoms with Gasteiger partial charge in [-0.15, -0.1) is 0 Å². The molecule has 2 aromatic rings. The number of amides is 1. The number of piperidine rings is 1. The lowest BCUT2D eigenvalue weighted by Gasteiger charge is -2.32. The molecule has 1 fully saturated rings. The molecule has 0 bridgehead atoms. The molecule has 3 rings (SSSR count). The van der Waals surface area contributed by atoms with Gasteiger partial charge in [-0.25, -0.2) is 0 Å². The molecular formula is C18H22ClN3O2. The van der Waals surface area contributed by atoms with E-state index < -0.39 is 0 Å². The molecule has 24 heavy (non-hydrogen) atoms. The third kappa shape index (κ3) is 3.73. The first-order valence-electron chi connectivity index (χ1n) is 8.21. The average molecular weight is 348 g/mol. The minimum absolute atomic E-state index is 0.0555. The van der Waals surface area contributed by atoms with E-state index in [0.717, 1.165) is 25.1 Å². The van der Waals surface area contributed by atoms with Crippen LogP contribution in [0, 0.1) is 12.8 Å². The lowest BCUT2D eigenvalue weighted by atomic mass is 9.98. The smallest absolute Gasteiger partial charge is 0.273 e.